The summed E-state index contributed by atoms with van der Waals surface area (Å²) in [6, 6.07) is 11.1. The molecule has 0 bridgehead atoms. The van der Waals surface area contributed by atoms with E-state index in [0.29, 0.717) is 29.1 Å². The Hall–Kier alpha value is -3.87. The van der Waals surface area contributed by atoms with E-state index in [1.54, 1.807) is 50.3 Å². The van der Waals surface area contributed by atoms with Crippen LogP contribution < -0.4 is 10.1 Å². The van der Waals surface area contributed by atoms with E-state index in [4.69, 9.17) is 21.1 Å². The van der Waals surface area contributed by atoms with E-state index >= 15 is 0 Å². The van der Waals surface area contributed by atoms with E-state index in [0.717, 1.165) is 12.1 Å². The number of ether oxygens (including phenoxy) is 2. The van der Waals surface area contributed by atoms with Gasteiger partial charge in [-0.25, -0.2) is 18.4 Å². The highest BCUT2D eigenvalue weighted by molar-refractivity contribution is 7.95. The molecule has 0 spiro atoms. The highest BCUT2D eigenvalue weighted by atomic mass is 35.5. The number of aromatic nitrogens is 3. The van der Waals surface area contributed by atoms with Gasteiger partial charge in [-0.2, -0.15) is 13.2 Å². The van der Waals surface area contributed by atoms with Gasteiger partial charge in [-0.05, 0) is 62.4 Å². The highest BCUT2D eigenvalue weighted by Gasteiger charge is 2.30. The molecular formula is C29H28ClF3N4O4S. The number of nitrogens with one attached hydrogen (secondary N) is 1. The van der Waals surface area contributed by atoms with E-state index in [1.807, 2.05) is 16.8 Å². The lowest BCUT2D eigenvalue weighted by molar-refractivity contribution is -0.137. The summed E-state index contributed by atoms with van der Waals surface area (Å²) in [5, 5.41) is 3.37. The molecule has 8 nitrogen and oxygen atoms in total. The first-order valence-electron chi connectivity index (χ1n) is 12.8. The van der Waals surface area contributed by atoms with E-state index in [2.05, 4.69) is 15.3 Å². The summed E-state index contributed by atoms with van der Waals surface area (Å²) in [6.07, 6.45) is 3.53. The molecule has 42 heavy (non-hydrogen) atoms. The molecule has 0 aliphatic rings. The number of allylic oxidation sites excluding steroid dienone is 3. The number of fused-ring (bicyclic) bond motifs is 1. The molecule has 0 fully saturated rings. The lowest BCUT2D eigenvalue weighted by Gasteiger charge is -2.13. The fraction of sp³-hybridized carbons (Fsp3) is 0.241. The summed E-state index contributed by atoms with van der Waals surface area (Å²) in [6.45, 7) is 4.16. The maximum Gasteiger partial charge on any atom is 0.416 e. The standard InChI is InChI=1S/C29H28ClF3N4O4S/c1-3-6-23(4-2)42(38,39)16-15-40-14-13-37-12-11-25-27(37)28(35-19-34-25)36-21-9-10-26(24(30)18-21)41-22-8-5-7-20(17-22)29(31,32)33/h3-12,17-19H,13-16H2,1-2H3,(H,34,35,36). The molecule has 0 saturated heterocycles. The molecule has 0 unspecified atom stereocenters. The van der Waals surface area contributed by atoms with Crippen LogP contribution in [0.5, 0.6) is 11.5 Å². The second-order valence-corrected chi connectivity index (χ2v) is 11.5. The summed E-state index contributed by atoms with van der Waals surface area (Å²) in [5.74, 6) is 0.541. The molecule has 222 valence electrons. The summed E-state index contributed by atoms with van der Waals surface area (Å²) >= 11 is 6.39. The number of rotatable bonds is 12. The second kappa shape index (κ2) is 13.4. The predicted molar refractivity (Wildman–Crippen MR) is 157 cm³/mol. The van der Waals surface area contributed by atoms with Crippen LogP contribution in [0.3, 0.4) is 0 Å². The van der Waals surface area contributed by atoms with E-state index in [-0.39, 0.29) is 40.4 Å². The average molecular weight is 621 g/mol. The third-order valence-corrected chi connectivity index (χ3v) is 8.17. The number of nitrogens with zero attached hydrogens (tertiary/aromatic N) is 3. The van der Waals surface area contributed by atoms with E-state index in [9.17, 15) is 21.6 Å². The van der Waals surface area contributed by atoms with Crippen molar-refractivity contribution in [2.45, 2.75) is 26.6 Å². The first-order valence-corrected chi connectivity index (χ1v) is 14.9. The van der Waals surface area contributed by atoms with Gasteiger partial charge in [0.15, 0.2) is 15.7 Å². The van der Waals surface area contributed by atoms with Crippen molar-refractivity contribution in [3.8, 4) is 11.5 Å². The van der Waals surface area contributed by atoms with Crippen molar-refractivity contribution in [3.63, 3.8) is 0 Å². The summed E-state index contributed by atoms with van der Waals surface area (Å²) in [4.78, 5) is 8.91. The van der Waals surface area contributed by atoms with Crippen molar-refractivity contribution >= 4 is 44.0 Å². The van der Waals surface area contributed by atoms with Gasteiger partial charge < -0.3 is 19.4 Å². The number of benzene rings is 2. The normalized spacial score (nSPS) is 12.8. The Bertz CT molecular complexity index is 1720. The minimum atomic E-state index is -4.49. The topological polar surface area (TPSA) is 95.3 Å². The van der Waals surface area contributed by atoms with Gasteiger partial charge in [-0.1, -0.05) is 29.8 Å². The van der Waals surface area contributed by atoms with Crippen LogP contribution in [-0.4, -0.2) is 41.9 Å². The minimum absolute atomic E-state index is 0.00246. The van der Waals surface area contributed by atoms with Gasteiger partial charge in [0.2, 0.25) is 0 Å². The molecule has 0 saturated carbocycles. The number of hydrogen-bond acceptors (Lipinski definition) is 7. The van der Waals surface area contributed by atoms with Crippen LogP contribution in [0.4, 0.5) is 24.7 Å². The summed E-state index contributed by atoms with van der Waals surface area (Å²) in [7, 11) is -3.43. The average Bonchev–Trinajstić information content (AvgIpc) is 3.36. The molecule has 2 heterocycles. The van der Waals surface area contributed by atoms with Gasteiger partial charge >= 0.3 is 6.18 Å². The molecule has 2 aromatic carbocycles. The van der Waals surface area contributed by atoms with E-state index < -0.39 is 21.6 Å². The van der Waals surface area contributed by atoms with Gasteiger partial charge in [-0.3, -0.25) is 0 Å². The third-order valence-electron chi connectivity index (χ3n) is 6.08. The van der Waals surface area contributed by atoms with E-state index in [1.165, 1.54) is 18.5 Å². The molecule has 4 aromatic rings. The zero-order valence-electron chi connectivity index (χ0n) is 22.7. The number of hydrogen-bond donors (Lipinski definition) is 1. The van der Waals surface area contributed by atoms with Crippen LogP contribution in [0.2, 0.25) is 5.02 Å². The minimum Gasteiger partial charge on any atom is -0.456 e. The Morgan fingerprint density at radius 3 is 2.62 bits per heavy atom. The van der Waals surface area contributed by atoms with Crippen molar-refractivity contribution in [1.82, 2.24) is 14.5 Å². The second-order valence-electron chi connectivity index (χ2n) is 8.99. The Labute approximate surface area is 246 Å². The first kappa shape index (κ1) is 31.1. The maximum atomic E-state index is 13.0. The smallest absolute Gasteiger partial charge is 0.416 e. The first-order chi connectivity index (χ1) is 20.0. The quantitative estimate of drug-likeness (QED) is 0.129. The Morgan fingerprint density at radius 1 is 1.10 bits per heavy atom. The number of alkyl halides is 3. The Kier molecular flexibility index (Phi) is 9.92. The van der Waals surface area contributed by atoms with Crippen LogP contribution >= 0.6 is 11.6 Å². The van der Waals surface area contributed by atoms with Crippen molar-refractivity contribution < 1.29 is 31.1 Å². The molecular weight excluding hydrogens is 593 g/mol. The molecule has 0 aliphatic carbocycles. The Morgan fingerprint density at radius 2 is 1.90 bits per heavy atom. The van der Waals surface area contributed by atoms with Crippen LogP contribution in [0.1, 0.15) is 19.4 Å². The fourth-order valence-corrected chi connectivity index (χ4v) is 5.56. The lowest BCUT2D eigenvalue weighted by Crippen LogP contribution is -2.15. The predicted octanol–water partition coefficient (Wildman–Crippen LogP) is 7.55. The largest absolute Gasteiger partial charge is 0.456 e. The van der Waals surface area contributed by atoms with Crippen molar-refractivity contribution in [2.24, 2.45) is 0 Å². The van der Waals surface area contributed by atoms with Gasteiger partial charge in [-0.15, -0.1) is 0 Å². The van der Waals surface area contributed by atoms with Gasteiger partial charge in [0.1, 0.15) is 23.3 Å². The lowest BCUT2D eigenvalue weighted by atomic mass is 10.2. The van der Waals surface area contributed by atoms with Crippen molar-refractivity contribution in [2.75, 3.05) is 24.3 Å². The number of sulfone groups is 1. The molecule has 1 N–H and O–H groups in total. The molecule has 0 amide bonds. The number of halogens is 4. The molecule has 0 radical (unpaired) electrons. The molecule has 0 atom stereocenters. The van der Waals surface area contributed by atoms with Crippen LogP contribution in [0.25, 0.3) is 11.0 Å². The SMILES string of the molecule is CC=CC(=CC)S(=O)(=O)CCOCCn1ccc2ncnc(Nc3ccc(Oc4cccc(C(F)(F)F)c4)c(Cl)c3)c21. The third kappa shape index (κ3) is 7.69. The van der Waals surface area contributed by atoms with Gasteiger partial charge in [0.25, 0.3) is 0 Å². The van der Waals surface area contributed by atoms with Gasteiger partial charge in [0.05, 0.1) is 40.0 Å². The summed E-state index contributed by atoms with van der Waals surface area (Å²) < 4.78 is 77.1. The monoisotopic (exact) mass is 620 g/mol. The summed E-state index contributed by atoms with van der Waals surface area (Å²) in [5.41, 5.74) is 1.10. The maximum absolute atomic E-state index is 13.0. The highest BCUT2D eigenvalue weighted by Crippen LogP contribution is 2.36. The van der Waals surface area contributed by atoms with Crippen LogP contribution in [-0.2, 0) is 27.3 Å². The van der Waals surface area contributed by atoms with Gasteiger partial charge in [0, 0.05) is 18.4 Å². The molecule has 13 heteroatoms. The van der Waals surface area contributed by atoms with Crippen molar-refractivity contribution in [1.29, 1.82) is 0 Å². The zero-order chi connectivity index (χ0) is 30.3. The van der Waals surface area contributed by atoms with Crippen LogP contribution in [0, 0.1) is 0 Å². The number of anilines is 2. The molecule has 0 aliphatic heterocycles. The molecule has 2 aromatic heterocycles. The zero-order valence-corrected chi connectivity index (χ0v) is 24.3. The Balaban J connectivity index is 1.42. The molecule has 4 rings (SSSR count). The van der Waals surface area contributed by atoms with Crippen molar-refractivity contribution in [3.05, 3.63) is 94.8 Å². The van der Waals surface area contributed by atoms with Crippen LogP contribution in [0.15, 0.2) is 84.2 Å². The fourth-order valence-electron chi connectivity index (χ4n) is 4.07.